The van der Waals surface area contributed by atoms with Crippen molar-refractivity contribution in [3.63, 3.8) is 0 Å². The summed E-state index contributed by atoms with van der Waals surface area (Å²) in [5.41, 5.74) is 0.675. The molecule has 0 radical (unpaired) electrons. The van der Waals surface area contributed by atoms with Crippen molar-refractivity contribution >= 4 is 5.97 Å². The topological polar surface area (TPSA) is 70.0 Å². The van der Waals surface area contributed by atoms with Gasteiger partial charge in [-0.2, -0.15) is 0 Å². The second-order valence-electron chi connectivity index (χ2n) is 4.46. The van der Waals surface area contributed by atoms with Crippen molar-refractivity contribution in [1.29, 1.82) is 0 Å². The average molecular weight is 267 g/mol. The van der Waals surface area contributed by atoms with Crippen LogP contribution in [0.4, 0.5) is 0 Å². The number of methoxy groups -OCH3 is 1. The van der Waals surface area contributed by atoms with Crippen LogP contribution in [0, 0.1) is 0 Å². The third-order valence-corrected chi connectivity index (χ3v) is 3.08. The summed E-state index contributed by atoms with van der Waals surface area (Å²) in [5, 5.41) is 18.9. The molecule has 1 unspecified atom stereocenters. The first-order valence-corrected chi connectivity index (χ1v) is 6.32. The minimum absolute atomic E-state index is 0.0499. The molecule has 0 aliphatic rings. The fraction of sp³-hybridized carbons (Fsp3) is 0.500. The lowest BCUT2D eigenvalue weighted by Gasteiger charge is -2.28. The Bertz CT molecular complexity index is 433. The zero-order valence-electron chi connectivity index (χ0n) is 11.6. The lowest BCUT2D eigenvalue weighted by Crippen LogP contribution is -2.33. The number of carboxylic acids is 1. The average Bonchev–Trinajstić information content (AvgIpc) is 2.37. The molecule has 0 aliphatic carbocycles. The maximum atomic E-state index is 10.9. The number of aromatic hydroxyl groups is 1. The number of carbonyl (C=O) groups is 1. The van der Waals surface area contributed by atoms with E-state index >= 15 is 0 Å². The Hall–Kier alpha value is -1.75. The van der Waals surface area contributed by atoms with Gasteiger partial charge in [-0.1, -0.05) is 6.92 Å². The van der Waals surface area contributed by atoms with Gasteiger partial charge in [0.05, 0.1) is 13.7 Å². The van der Waals surface area contributed by atoms with Crippen LogP contribution < -0.4 is 4.74 Å². The molecule has 2 N–H and O–H groups in total. The van der Waals surface area contributed by atoms with Gasteiger partial charge in [0.15, 0.2) is 0 Å². The maximum Gasteiger partial charge on any atom is 0.317 e. The predicted molar refractivity (Wildman–Crippen MR) is 72.6 cm³/mol. The van der Waals surface area contributed by atoms with E-state index < -0.39 is 5.97 Å². The zero-order chi connectivity index (χ0) is 14.4. The van der Waals surface area contributed by atoms with Gasteiger partial charge in [0.2, 0.25) is 0 Å². The molecule has 0 aromatic heterocycles. The number of nitrogens with zero attached hydrogens (tertiary/aromatic N) is 1. The number of ether oxygens (including phenoxy) is 1. The summed E-state index contributed by atoms with van der Waals surface area (Å²) in [7, 11) is 1.56. The number of rotatable bonds is 7. The van der Waals surface area contributed by atoms with Crippen LogP contribution in [-0.2, 0) is 4.79 Å². The van der Waals surface area contributed by atoms with Crippen LogP contribution in [0.5, 0.6) is 11.5 Å². The summed E-state index contributed by atoms with van der Waals surface area (Å²) < 4.78 is 5.13. The second kappa shape index (κ2) is 6.99. The summed E-state index contributed by atoms with van der Waals surface area (Å²) in [6.45, 7) is 4.48. The highest BCUT2D eigenvalue weighted by atomic mass is 16.5. The Labute approximate surface area is 113 Å². The number of aliphatic carboxylic acids is 1. The Kier molecular flexibility index (Phi) is 5.63. The number of hydrogen-bond acceptors (Lipinski definition) is 4. The third kappa shape index (κ3) is 4.13. The lowest BCUT2D eigenvalue weighted by atomic mass is 10.0. The number of phenols is 1. The van der Waals surface area contributed by atoms with Crippen molar-refractivity contribution in [2.75, 3.05) is 20.2 Å². The highest BCUT2D eigenvalue weighted by molar-refractivity contribution is 5.69. The first-order chi connectivity index (χ1) is 8.99. The molecule has 0 heterocycles. The highest BCUT2D eigenvalue weighted by Crippen LogP contribution is 2.31. The summed E-state index contributed by atoms with van der Waals surface area (Å²) >= 11 is 0. The first-order valence-electron chi connectivity index (χ1n) is 6.32. The third-order valence-electron chi connectivity index (χ3n) is 3.08. The van der Waals surface area contributed by atoms with Gasteiger partial charge in [-0.05, 0) is 38.1 Å². The summed E-state index contributed by atoms with van der Waals surface area (Å²) in [6.07, 6.45) is 0.850. The van der Waals surface area contributed by atoms with Crippen LogP contribution in [0.25, 0.3) is 0 Å². The molecule has 0 saturated heterocycles. The molecule has 0 bridgehead atoms. The van der Waals surface area contributed by atoms with E-state index in [4.69, 9.17) is 9.84 Å². The number of carboxylic acid groups (broad SMARTS) is 1. The minimum atomic E-state index is -0.873. The van der Waals surface area contributed by atoms with Gasteiger partial charge in [0, 0.05) is 11.6 Å². The van der Waals surface area contributed by atoms with Crippen LogP contribution in [0.2, 0.25) is 0 Å². The van der Waals surface area contributed by atoms with Crippen LogP contribution in [-0.4, -0.2) is 41.3 Å². The highest BCUT2D eigenvalue weighted by Gasteiger charge is 2.20. The molecule has 0 amide bonds. The van der Waals surface area contributed by atoms with Crippen molar-refractivity contribution in [3.8, 4) is 11.5 Å². The Balaban J connectivity index is 3.00. The molecule has 1 aromatic rings. The van der Waals surface area contributed by atoms with Crippen molar-refractivity contribution in [1.82, 2.24) is 4.90 Å². The molecular formula is C14H21NO4. The van der Waals surface area contributed by atoms with Gasteiger partial charge >= 0.3 is 5.97 Å². The number of benzene rings is 1. The molecule has 19 heavy (non-hydrogen) atoms. The Morgan fingerprint density at radius 1 is 1.47 bits per heavy atom. The van der Waals surface area contributed by atoms with E-state index in [9.17, 15) is 9.90 Å². The molecule has 1 atom stereocenters. The fourth-order valence-electron chi connectivity index (χ4n) is 2.06. The van der Waals surface area contributed by atoms with E-state index in [0.717, 1.165) is 6.42 Å². The van der Waals surface area contributed by atoms with Crippen LogP contribution >= 0.6 is 0 Å². The molecule has 0 saturated carbocycles. The molecule has 0 aliphatic heterocycles. The van der Waals surface area contributed by atoms with E-state index in [2.05, 4.69) is 0 Å². The summed E-state index contributed by atoms with van der Waals surface area (Å²) in [5.74, 6) is -0.0751. The molecular weight excluding hydrogens is 246 g/mol. The largest absolute Gasteiger partial charge is 0.508 e. The quantitative estimate of drug-likeness (QED) is 0.793. The molecule has 106 valence electrons. The van der Waals surface area contributed by atoms with E-state index in [1.165, 1.54) is 0 Å². The number of hydrogen-bond donors (Lipinski definition) is 2. The normalized spacial score (nSPS) is 12.4. The van der Waals surface area contributed by atoms with Crippen LogP contribution in [0.1, 0.15) is 31.9 Å². The van der Waals surface area contributed by atoms with Gasteiger partial charge in [0.25, 0.3) is 0 Å². The van der Waals surface area contributed by atoms with E-state index in [0.29, 0.717) is 17.9 Å². The minimum Gasteiger partial charge on any atom is -0.508 e. The number of phenolic OH excluding ortho intramolecular Hbond substituents is 1. The SMILES string of the molecule is CCCN(CC(=O)O)C(C)c1cc(OC)ccc1O. The molecule has 1 rings (SSSR count). The zero-order valence-corrected chi connectivity index (χ0v) is 11.6. The van der Waals surface area contributed by atoms with E-state index in [-0.39, 0.29) is 18.3 Å². The monoisotopic (exact) mass is 267 g/mol. The summed E-state index contributed by atoms with van der Waals surface area (Å²) in [4.78, 5) is 12.7. The van der Waals surface area contributed by atoms with Gasteiger partial charge in [-0.15, -0.1) is 0 Å². The predicted octanol–water partition coefficient (Wildman–Crippen LogP) is 2.26. The molecule has 5 heteroatoms. The van der Waals surface area contributed by atoms with Crippen molar-refractivity contribution < 1.29 is 19.7 Å². The fourth-order valence-corrected chi connectivity index (χ4v) is 2.06. The van der Waals surface area contributed by atoms with Crippen molar-refractivity contribution in [2.24, 2.45) is 0 Å². The standard InChI is InChI=1S/C14H21NO4/c1-4-7-15(9-14(17)18)10(2)12-8-11(19-3)5-6-13(12)16/h5-6,8,10,16H,4,7,9H2,1-3H3,(H,17,18). The first kappa shape index (κ1) is 15.3. The van der Waals surface area contributed by atoms with Crippen LogP contribution in [0.15, 0.2) is 18.2 Å². The van der Waals surface area contributed by atoms with Crippen LogP contribution in [0.3, 0.4) is 0 Å². The second-order valence-corrected chi connectivity index (χ2v) is 4.46. The lowest BCUT2D eigenvalue weighted by molar-refractivity contribution is -0.138. The van der Waals surface area contributed by atoms with Gasteiger partial charge in [-0.3, -0.25) is 9.69 Å². The van der Waals surface area contributed by atoms with Gasteiger partial charge in [-0.25, -0.2) is 0 Å². The molecule has 0 spiro atoms. The van der Waals surface area contributed by atoms with Crippen molar-refractivity contribution in [2.45, 2.75) is 26.3 Å². The Morgan fingerprint density at radius 2 is 2.16 bits per heavy atom. The Morgan fingerprint density at radius 3 is 2.68 bits per heavy atom. The van der Waals surface area contributed by atoms with E-state index in [1.54, 1.807) is 25.3 Å². The van der Waals surface area contributed by atoms with Crippen molar-refractivity contribution in [3.05, 3.63) is 23.8 Å². The summed E-state index contributed by atoms with van der Waals surface area (Å²) in [6, 6.07) is 4.79. The van der Waals surface area contributed by atoms with Gasteiger partial charge < -0.3 is 14.9 Å². The molecule has 1 aromatic carbocycles. The molecule has 5 nitrogen and oxygen atoms in total. The smallest absolute Gasteiger partial charge is 0.317 e. The van der Waals surface area contributed by atoms with E-state index in [1.807, 2.05) is 18.7 Å². The van der Waals surface area contributed by atoms with Gasteiger partial charge in [0.1, 0.15) is 11.5 Å². The molecule has 0 fully saturated rings. The maximum absolute atomic E-state index is 10.9.